The zero-order chi connectivity index (χ0) is 18.4. The van der Waals surface area contributed by atoms with Gasteiger partial charge in [0.2, 0.25) is 0 Å². The third kappa shape index (κ3) is 11.7. The Hall–Kier alpha value is 0.167. The fourth-order valence-corrected chi connectivity index (χ4v) is 4.50. The van der Waals surface area contributed by atoms with Crippen LogP contribution in [0.5, 0.6) is 0 Å². The number of hydrogen-bond donors (Lipinski definition) is 0. The molecule has 0 aliphatic heterocycles. The fourth-order valence-electron chi connectivity index (χ4n) is 2.91. The lowest BCUT2D eigenvalue weighted by molar-refractivity contribution is 0.657. The summed E-state index contributed by atoms with van der Waals surface area (Å²) in [5, 5.41) is 0. The standard InChI is InChI=1S/C22H41ISi/c1-7-10-12-14-17-20(16-9-3)19-21(18-15-13-11-8-2)22(23)24(4,5)6/h9,19H,3,7-8,10-18H2,1-2,4-6H3/b20-19+,22-21-. The smallest absolute Gasteiger partial charge is 0.0858 e. The van der Waals surface area contributed by atoms with Crippen LogP contribution in [0.25, 0.3) is 0 Å². The zero-order valence-corrected chi connectivity index (χ0v) is 20.2. The Bertz CT molecular complexity index is 399. The van der Waals surface area contributed by atoms with Crippen LogP contribution in [0, 0.1) is 0 Å². The van der Waals surface area contributed by atoms with Gasteiger partial charge in [0.1, 0.15) is 0 Å². The molecular formula is C22H41ISi. The van der Waals surface area contributed by atoms with Crippen LogP contribution in [0.3, 0.4) is 0 Å². The Morgan fingerprint density at radius 1 is 0.875 bits per heavy atom. The molecule has 140 valence electrons. The highest BCUT2D eigenvalue weighted by Gasteiger charge is 2.20. The van der Waals surface area contributed by atoms with Crippen LogP contribution >= 0.6 is 22.6 Å². The van der Waals surface area contributed by atoms with Crippen molar-refractivity contribution in [2.45, 2.75) is 104 Å². The molecule has 0 saturated heterocycles. The Labute approximate surface area is 167 Å². The van der Waals surface area contributed by atoms with Gasteiger partial charge in [-0.15, -0.1) is 6.58 Å². The lowest BCUT2D eigenvalue weighted by Crippen LogP contribution is -2.21. The van der Waals surface area contributed by atoms with E-state index >= 15 is 0 Å². The van der Waals surface area contributed by atoms with Gasteiger partial charge >= 0.3 is 0 Å². The molecule has 0 nitrogen and oxygen atoms in total. The van der Waals surface area contributed by atoms with Gasteiger partial charge < -0.3 is 0 Å². The minimum absolute atomic E-state index is 1.06. The van der Waals surface area contributed by atoms with E-state index in [1.165, 1.54) is 64.2 Å². The number of halogens is 1. The Morgan fingerprint density at radius 2 is 1.42 bits per heavy atom. The molecule has 0 N–H and O–H groups in total. The molecule has 0 rings (SSSR count). The summed E-state index contributed by atoms with van der Waals surface area (Å²) in [5.41, 5.74) is 3.23. The molecule has 0 aromatic carbocycles. The van der Waals surface area contributed by atoms with E-state index in [2.05, 4.69) is 74.8 Å². The highest BCUT2D eigenvalue weighted by atomic mass is 127. The van der Waals surface area contributed by atoms with Gasteiger partial charge in [0.25, 0.3) is 0 Å². The van der Waals surface area contributed by atoms with Gasteiger partial charge in [-0.05, 0) is 40.9 Å². The number of hydrogen-bond acceptors (Lipinski definition) is 0. The first kappa shape index (κ1) is 24.2. The van der Waals surface area contributed by atoms with Crippen LogP contribution in [0.4, 0.5) is 0 Å². The molecule has 0 radical (unpaired) electrons. The SMILES string of the molecule is C=CC/C(=C\C(CCCCCC)=C(\I)[Si](C)(C)C)CCCCCC. The first-order valence-electron chi connectivity index (χ1n) is 10.1. The van der Waals surface area contributed by atoms with E-state index < -0.39 is 8.07 Å². The largest absolute Gasteiger partial charge is 0.103 e. The molecule has 0 aromatic heterocycles. The molecule has 0 unspecified atom stereocenters. The van der Waals surface area contributed by atoms with E-state index in [-0.39, 0.29) is 0 Å². The van der Waals surface area contributed by atoms with Crippen molar-refractivity contribution < 1.29 is 0 Å². The quantitative estimate of drug-likeness (QED) is 0.0798. The molecule has 0 fully saturated rings. The minimum Gasteiger partial charge on any atom is -0.103 e. The van der Waals surface area contributed by atoms with E-state index in [0.717, 1.165) is 6.42 Å². The molecule has 0 aromatic rings. The van der Waals surface area contributed by atoms with E-state index in [1.807, 2.05) is 0 Å². The maximum absolute atomic E-state index is 3.98. The maximum Gasteiger partial charge on any atom is 0.0858 e. The highest BCUT2D eigenvalue weighted by Crippen LogP contribution is 2.31. The fraction of sp³-hybridized carbons (Fsp3) is 0.727. The molecule has 0 bridgehead atoms. The van der Waals surface area contributed by atoms with Crippen molar-refractivity contribution >= 4 is 30.7 Å². The monoisotopic (exact) mass is 460 g/mol. The van der Waals surface area contributed by atoms with E-state index in [4.69, 9.17) is 0 Å². The highest BCUT2D eigenvalue weighted by molar-refractivity contribution is 14.1. The van der Waals surface area contributed by atoms with Crippen LogP contribution in [-0.4, -0.2) is 8.07 Å². The van der Waals surface area contributed by atoms with Crippen LogP contribution in [-0.2, 0) is 0 Å². The van der Waals surface area contributed by atoms with E-state index in [0.29, 0.717) is 0 Å². The van der Waals surface area contributed by atoms with Gasteiger partial charge in [0.05, 0.1) is 8.07 Å². The first-order valence-corrected chi connectivity index (χ1v) is 14.6. The summed E-state index contributed by atoms with van der Waals surface area (Å²) in [7, 11) is -1.23. The van der Waals surface area contributed by atoms with Crippen LogP contribution in [0.2, 0.25) is 19.6 Å². The summed E-state index contributed by atoms with van der Waals surface area (Å²) >= 11 is 2.66. The van der Waals surface area contributed by atoms with Crippen LogP contribution in [0.15, 0.2) is 33.1 Å². The average molecular weight is 461 g/mol. The van der Waals surface area contributed by atoms with Crippen molar-refractivity contribution in [3.8, 4) is 0 Å². The number of rotatable bonds is 14. The van der Waals surface area contributed by atoms with Gasteiger partial charge in [-0.1, -0.05) is 112 Å². The zero-order valence-electron chi connectivity index (χ0n) is 17.0. The van der Waals surface area contributed by atoms with Crippen LogP contribution < -0.4 is 0 Å². The van der Waals surface area contributed by atoms with Gasteiger partial charge in [0.15, 0.2) is 0 Å². The third-order valence-electron chi connectivity index (χ3n) is 4.38. The van der Waals surface area contributed by atoms with Gasteiger partial charge in [-0.3, -0.25) is 0 Å². The van der Waals surface area contributed by atoms with Gasteiger partial charge in [-0.25, -0.2) is 0 Å². The molecule has 24 heavy (non-hydrogen) atoms. The van der Waals surface area contributed by atoms with Crippen molar-refractivity contribution in [1.82, 2.24) is 0 Å². The molecule has 2 heteroatoms. The molecule has 0 heterocycles. The predicted molar refractivity (Wildman–Crippen MR) is 125 cm³/mol. The Morgan fingerprint density at radius 3 is 1.88 bits per heavy atom. The molecule has 0 saturated carbocycles. The maximum atomic E-state index is 3.98. The summed E-state index contributed by atoms with van der Waals surface area (Å²) in [6.07, 6.45) is 19.0. The number of unbranched alkanes of at least 4 members (excludes halogenated alkanes) is 6. The third-order valence-corrected chi connectivity index (χ3v) is 11.6. The molecule has 0 atom stereocenters. The molecular weight excluding hydrogens is 419 g/mol. The van der Waals surface area contributed by atoms with Gasteiger partial charge in [-0.2, -0.15) is 0 Å². The number of allylic oxidation sites excluding steroid dienone is 4. The predicted octanol–water partition coefficient (Wildman–Crippen LogP) is 9.00. The van der Waals surface area contributed by atoms with Crippen LogP contribution in [0.1, 0.15) is 84.5 Å². The van der Waals surface area contributed by atoms with Crippen molar-refractivity contribution in [1.29, 1.82) is 0 Å². The summed E-state index contributed by atoms with van der Waals surface area (Å²) < 4.78 is 1.67. The average Bonchev–Trinajstić information content (AvgIpc) is 2.52. The molecule has 0 aliphatic rings. The summed E-state index contributed by atoms with van der Waals surface area (Å²) in [5.74, 6) is 0. The van der Waals surface area contributed by atoms with E-state index in [9.17, 15) is 0 Å². The normalized spacial score (nSPS) is 13.8. The second kappa shape index (κ2) is 14.3. The van der Waals surface area contributed by atoms with Crippen molar-refractivity contribution in [2.75, 3.05) is 0 Å². The summed E-state index contributed by atoms with van der Waals surface area (Å²) in [6.45, 7) is 16.0. The molecule has 0 spiro atoms. The topological polar surface area (TPSA) is 0 Å². The van der Waals surface area contributed by atoms with Crippen molar-refractivity contribution in [3.05, 3.63) is 33.1 Å². The molecule has 0 aliphatic carbocycles. The first-order chi connectivity index (χ1) is 11.4. The summed E-state index contributed by atoms with van der Waals surface area (Å²) in [6, 6.07) is 0. The Kier molecular flexibility index (Phi) is 14.4. The second-order valence-electron chi connectivity index (χ2n) is 8.01. The lowest BCUT2D eigenvalue weighted by atomic mass is 9.99. The Balaban J connectivity index is 5.14. The summed E-state index contributed by atoms with van der Waals surface area (Å²) in [4.78, 5) is 0. The van der Waals surface area contributed by atoms with E-state index in [1.54, 1.807) is 14.3 Å². The molecule has 0 amide bonds. The minimum atomic E-state index is -1.23. The van der Waals surface area contributed by atoms with Crippen molar-refractivity contribution in [2.24, 2.45) is 0 Å². The van der Waals surface area contributed by atoms with Crippen molar-refractivity contribution in [3.63, 3.8) is 0 Å². The second-order valence-corrected chi connectivity index (χ2v) is 15.1. The van der Waals surface area contributed by atoms with Gasteiger partial charge in [0, 0.05) is 0 Å². The lowest BCUT2D eigenvalue weighted by Gasteiger charge is -2.20.